The molecule has 17 heavy (non-hydrogen) atoms. The zero-order chi connectivity index (χ0) is 12.3. The molecular weight excluding hydrogens is 234 g/mol. The number of nitrogens with zero attached hydrogens (tertiary/aromatic N) is 1. The van der Waals surface area contributed by atoms with Gasteiger partial charge in [0.25, 0.3) is 0 Å². The highest BCUT2D eigenvalue weighted by Crippen LogP contribution is 2.41. The number of hydrogen-bond donors (Lipinski definition) is 0. The fourth-order valence-corrected chi connectivity index (χ4v) is 2.71. The van der Waals surface area contributed by atoms with Gasteiger partial charge in [0, 0.05) is 10.9 Å². The van der Waals surface area contributed by atoms with Gasteiger partial charge in [-0.1, -0.05) is 23.7 Å². The average Bonchev–Trinajstić information content (AvgIpc) is 2.39. The van der Waals surface area contributed by atoms with Crippen molar-refractivity contribution < 1.29 is 4.79 Å². The Labute approximate surface area is 106 Å². The third-order valence-corrected chi connectivity index (χ3v) is 3.90. The number of hydrogen-bond acceptors (Lipinski definition) is 2. The highest BCUT2D eigenvalue weighted by Gasteiger charge is 2.37. The van der Waals surface area contributed by atoms with E-state index in [1.165, 1.54) is 0 Å². The van der Waals surface area contributed by atoms with E-state index in [1.54, 1.807) is 0 Å². The smallest absolute Gasteiger partial charge is 0.123 e. The van der Waals surface area contributed by atoms with Crippen molar-refractivity contribution in [3.63, 3.8) is 0 Å². The lowest BCUT2D eigenvalue weighted by molar-refractivity contribution is -0.112. The van der Waals surface area contributed by atoms with Gasteiger partial charge < -0.3 is 4.79 Å². The molecule has 0 radical (unpaired) electrons. The first-order chi connectivity index (χ1) is 8.20. The number of benzene rings is 1. The summed E-state index contributed by atoms with van der Waals surface area (Å²) in [5.41, 5.74) is 0.529. The molecule has 0 saturated heterocycles. The lowest BCUT2D eigenvalue weighted by Gasteiger charge is -2.33. The number of aldehydes is 1. The molecule has 88 valence electrons. The van der Waals surface area contributed by atoms with Crippen LogP contribution in [0, 0.1) is 17.2 Å². The zero-order valence-electron chi connectivity index (χ0n) is 9.53. The van der Waals surface area contributed by atoms with Gasteiger partial charge in [0.15, 0.2) is 0 Å². The van der Waals surface area contributed by atoms with Crippen LogP contribution in [0.5, 0.6) is 0 Å². The molecule has 0 spiro atoms. The second-order valence-electron chi connectivity index (χ2n) is 4.68. The van der Waals surface area contributed by atoms with Gasteiger partial charge >= 0.3 is 0 Å². The van der Waals surface area contributed by atoms with Gasteiger partial charge in [0.1, 0.15) is 6.29 Å². The zero-order valence-corrected chi connectivity index (χ0v) is 10.3. The molecule has 1 aliphatic rings. The van der Waals surface area contributed by atoms with E-state index in [-0.39, 0.29) is 5.92 Å². The molecule has 3 heteroatoms. The quantitative estimate of drug-likeness (QED) is 0.751. The summed E-state index contributed by atoms with van der Waals surface area (Å²) in [5, 5.41) is 10.1. The summed E-state index contributed by atoms with van der Waals surface area (Å²) < 4.78 is 0. The standard InChI is InChI=1S/C14H14ClNO/c15-13-3-1-2-12(8-13)14(10-16)6-4-11(9-17)5-7-14/h1-3,8-9,11H,4-7H2/t11-,14-. The van der Waals surface area contributed by atoms with Crippen LogP contribution < -0.4 is 0 Å². The molecule has 0 atom stereocenters. The first-order valence-electron chi connectivity index (χ1n) is 5.83. The highest BCUT2D eigenvalue weighted by atomic mass is 35.5. The summed E-state index contributed by atoms with van der Waals surface area (Å²) in [6, 6.07) is 9.94. The molecule has 0 bridgehead atoms. The maximum atomic E-state index is 10.7. The third kappa shape index (κ3) is 2.35. The predicted molar refractivity (Wildman–Crippen MR) is 66.8 cm³/mol. The topological polar surface area (TPSA) is 40.9 Å². The van der Waals surface area contributed by atoms with Crippen molar-refractivity contribution in [2.24, 2.45) is 5.92 Å². The second-order valence-corrected chi connectivity index (χ2v) is 5.11. The fourth-order valence-electron chi connectivity index (χ4n) is 2.52. The predicted octanol–water partition coefficient (Wildman–Crippen LogP) is 3.49. The van der Waals surface area contributed by atoms with Crippen LogP contribution in [0.2, 0.25) is 5.02 Å². The van der Waals surface area contributed by atoms with E-state index in [0.29, 0.717) is 5.02 Å². The van der Waals surface area contributed by atoms with Gasteiger partial charge in [-0.3, -0.25) is 0 Å². The molecule has 1 aliphatic carbocycles. The van der Waals surface area contributed by atoms with Crippen LogP contribution in [-0.4, -0.2) is 6.29 Å². The Morgan fingerprint density at radius 1 is 1.41 bits per heavy atom. The number of halogens is 1. The first kappa shape index (κ1) is 12.1. The molecule has 0 amide bonds. The molecule has 0 heterocycles. The Balaban J connectivity index is 2.28. The molecular formula is C14H14ClNO. The van der Waals surface area contributed by atoms with Crippen molar-refractivity contribution in [1.29, 1.82) is 5.26 Å². The SMILES string of the molecule is N#C[C@]1(c2cccc(Cl)c2)CC[C@H](C=O)CC1. The maximum absolute atomic E-state index is 10.7. The van der Waals surface area contributed by atoms with Gasteiger partial charge in [0.05, 0.1) is 11.5 Å². The molecule has 1 aromatic carbocycles. The third-order valence-electron chi connectivity index (χ3n) is 3.67. The van der Waals surface area contributed by atoms with Gasteiger partial charge in [-0.2, -0.15) is 5.26 Å². The molecule has 0 aliphatic heterocycles. The van der Waals surface area contributed by atoms with Gasteiger partial charge in [-0.15, -0.1) is 0 Å². The Kier molecular flexibility index (Phi) is 3.49. The number of carbonyl (C=O) groups is 1. The Bertz CT molecular complexity index is 456. The van der Waals surface area contributed by atoms with Crippen LogP contribution >= 0.6 is 11.6 Å². The van der Waals surface area contributed by atoms with Crippen molar-refractivity contribution in [3.05, 3.63) is 34.9 Å². The van der Waals surface area contributed by atoms with Crippen LogP contribution in [0.4, 0.5) is 0 Å². The van der Waals surface area contributed by atoms with Crippen molar-refractivity contribution in [3.8, 4) is 6.07 Å². The van der Waals surface area contributed by atoms with E-state index >= 15 is 0 Å². The van der Waals surface area contributed by atoms with Crippen molar-refractivity contribution in [2.45, 2.75) is 31.1 Å². The summed E-state index contributed by atoms with van der Waals surface area (Å²) in [5.74, 6) is 0.121. The fraction of sp³-hybridized carbons (Fsp3) is 0.429. The molecule has 0 N–H and O–H groups in total. The van der Waals surface area contributed by atoms with Gasteiger partial charge in [-0.05, 0) is 43.4 Å². The van der Waals surface area contributed by atoms with Gasteiger partial charge in [-0.25, -0.2) is 0 Å². The Hall–Kier alpha value is -1.33. The molecule has 2 rings (SSSR count). The summed E-state index contributed by atoms with van der Waals surface area (Å²) in [6.45, 7) is 0. The molecule has 1 saturated carbocycles. The van der Waals surface area contributed by atoms with Crippen molar-refractivity contribution >= 4 is 17.9 Å². The second kappa shape index (κ2) is 4.89. The summed E-state index contributed by atoms with van der Waals surface area (Å²) in [7, 11) is 0. The van der Waals surface area contributed by atoms with Gasteiger partial charge in [0.2, 0.25) is 0 Å². The molecule has 0 aromatic heterocycles. The first-order valence-corrected chi connectivity index (χ1v) is 6.20. The average molecular weight is 248 g/mol. The van der Waals surface area contributed by atoms with E-state index in [2.05, 4.69) is 6.07 Å². The van der Waals surface area contributed by atoms with E-state index in [9.17, 15) is 10.1 Å². The summed E-state index contributed by atoms with van der Waals surface area (Å²) in [4.78, 5) is 10.7. The number of carbonyl (C=O) groups excluding carboxylic acids is 1. The number of rotatable bonds is 2. The van der Waals surface area contributed by atoms with Crippen LogP contribution in [0.3, 0.4) is 0 Å². The lowest BCUT2D eigenvalue weighted by atomic mass is 9.68. The minimum absolute atomic E-state index is 0.121. The molecule has 0 unspecified atom stereocenters. The summed E-state index contributed by atoms with van der Waals surface area (Å²) in [6.07, 6.45) is 4.09. The van der Waals surface area contributed by atoms with Crippen molar-refractivity contribution in [2.75, 3.05) is 0 Å². The number of nitriles is 1. The highest BCUT2D eigenvalue weighted by molar-refractivity contribution is 6.30. The van der Waals surface area contributed by atoms with E-state index in [4.69, 9.17) is 11.6 Å². The van der Waals surface area contributed by atoms with Crippen LogP contribution in [-0.2, 0) is 10.2 Å². The van der Waals surface area contributed by atoms with E-state index < -0.39 is 5.41 Å². The maximum Gasteiger partial charge on any atom is 0.123 e. The van der Waals surface area contributed by atoms with E-state index in [1.807, 2.05) is 24.3 Å². The molecule has 2 nitrogen and oxygen atoms in total. The normalized spacial score (nSPS) is 28.4. The Morgan fingerprint density at radius 3 is 2.65 bits per heavy atom. The van der Waals surface area contributed by atoms with Crippen LogP contribution in [0.15, 0.2) is 24.3 Å². The van der Waals surface area contributed by atoms with Crippen LogP contribution in [0.25, 0.3) is 0 Å². The minimum Gasteiger partial charge on any atom is -0.303 e. The Morgan fingerprint density at radius 2 is 2.12 bits per heavy atom. The van der Waals surface area contributed by atoms with Crippen LogP contribution in [0.1, 0.15) is 31.2 Å². The minimum atomic E-state index is -0.454. The summed E-state index contributed by atoms with van der Waals surface area (Å²) >= 11 is 5.97. The molecule has 1 fully saturated rings. The van der Waals surface area contributed by atoms with Crippen molar-refractivity contribution in [1.82, 2.24) is 0 Å². The monoisotopic (exact) mass is 247 g/mol. The molecule has 1 aromatic rings. The van der Waals surface area contributed by atoms with E-state index in [0.717, 1.165) is 37.5 Å². The lowest BCUT2D eigenvalue weighted by Crippen LogP contribution is -2.30. The largest absolute Gasteiger partial charge is 0.303 e.